The zero-order chi connectivity index (χ0) is 18.1. The molecule has 6 heteroatoms. The van der Waals surface area contributed by atoms with Crippen LogP contribution in [0.15, 0.2) is 39.5 Å². The van der Waals surface area contributed by atoms with Gasteiger partial charge >= 0.3 is 5.63 Å². The van der Waals surface area contributed by atoms with Crippen molar-refractivity contribution in [1.82, 2.24) is 9.80 Å². The number of rotatable bonds is 2. The fraction of sp³-hybridized carbons (Fsp3) is 0.450. The van der Waals surface area contributed by atoms with Crippen LogP contribution in [-0.2, 0) is 4.79 Å². The Morgan fingerprint density at radius 1 is 0.962 bits per heavy atom. The van der Waals surface area contributed by atoms with Crippen LogP contribution in [0, 0.1) is 5.92 Å². The Hall–Kier alpha value is -2.63. The highest BCUT2D eigenvalue weighted by Gasteiger charge is 2.31. The Morgan fingerprint density at radius 2 is 1.62 bits per heavy atom. The molecule has 1 aromatic carbocycles. The lowest BCUT2D eigenvalue weighted by Crippen LogP contribution is -2.52. The number of hydrogen-bond donors (Lipinski definition) is 0. The SMILES string of the molecule is O=C(c1cc2ccccc2oc1=O)N1CCN(C(=O)C2CCCC2)CC1. The van der Waals surface area contributed by atoms with Gasteiger partial charge in [-0.3, -0.25) is 9.59 Å². The molecule has 2 aromatic rings. The number of carbonyl (C=O) groups excluding carboxylic acids is 2. The van der Waals surface area contributed by atoms with Crippen molar-refractivity contribution in [1.29, 1.82) is 0 Å². The first-order chi connectivity index (χ1) is 12.6. The number of fused-ring (bicyclic) bond motifs is 1. The molecule has 1 aliphatic carbocycles. The van der Waals surface area contributed by atoms with Gasteiger partial charge < -0.3 is 14.2 Å². The van der Waals surface area contributed by atoms with Crippen LogP contribution in [0.4, 0.5) is 0 Å². The molecule has 2 fully saturated rings. The van der Waals surface area contributed by atoms with Gasteiger partial charge in [0.2, 0.25) is 5.91 Å². The summed E-state index contributed by atoms with van der Waals surface area (Å²) in [7, 11) is 0. The summed E-state index contributed by atoms with van der Waals surface area (Å²) in [5.41, 5.74) is -0.0848. The largest absolute Gasteiger partial charge is 0.422 e. The van der Waals surface area contributed by atoms with Crippen LogP contribution < -0.4 is 5.63 Å². The minimum atomic E-state index is -0.613. The van der Waals surface area contributed by atoms with Crippen molar-refractivity contribution in [2.75, 3.05) is 26.2 Å². The number of hydrogen-bond acceptors (Lipinski definition) is 4. The first-order valence-electron chi connectivity index (χ1n) is 9.24. The monoisotopic (exact) mass is 354 g/mol. The predicted molar refractivity (Wildman–Crippen MR) is 96.9 cm³/mol. The smallest absolute Gasteiger partial charge is 0.349 e. The average Bonchev–Trinajstić information content (AvgIpc) is 3.21. The van der Waals surface area contributed by atoms with Crippen molar-refractivity contribution in [2.24, 2.45) is 5.92 Å². The summed E-state index contributed by atoms with van der Waals surface area (Å²) in [4.78, 5) is 41.0. The molecule has 0 unspecified atom stereocenters. The summed E-state index contributed by atoms with van der Waals surface area (Å²) in [5, 5.41) is 0.727. The van der Waals surface area contributed by atoms with Crippen LogP contribution in [0.5, 0.6) is 0 Å². The Labute approximate surface area is 151 Å². The third-order valence-electron chi connectivity index (χ3n) is 5.45. The molecule has 4 rings (SSSR count). The quantitative estimate of drug-likeness (QED) is 0.776. The van der Waals surface area contributed by atoms with Gasteiger partial charge in [0.15, 0.2) is 0 Å². The van der Waals surface area contributed by atoms with E-state index in [9.17, 15) is 14.4 Å². The first-order valence-corrected chi connectivity index (χ1v) is 9.24. The standard InChI is InChI=1S/C20H22N2O4/c23-18(14-5-1-2-6-14)21-9-11-22(12-10-21)19(24)16-13-15-7-3-4-8-17(15)26-20(16)25/h3-4,7-8,13-14H,1-2,5-6,9-12H2. The Kier molecular flexibility index (Phi) is 4.49. The molecule has 0 radical (unpaired) electrons. The van der Waals surface area contributed by atoms with E-state index in [0.29, 0.717) is 31.8 Å². The number of nitrogens with zero attached hydrogens (tertiary/aromatic N) is 2. The molecule has 0 atom stereocenters. The second-order valence-electron chi connectivity index (χ2n) is 7.08. The molecule has 1 aromatic heterocycles. The lowest BCUT2D eigenvalue weighted by molar-refractivity contribution is -0.136. The van der Waals surface area contributed by atoms with Gasteiger partial charge in [-0.1, -0.05) is 31.0 Å². The second-order valence-corrected chi connectivity index (χ2v) is 7.08. The number of amides is 2. The van der Waals surface area contributed by atoms with Crippen LogP contribution in [0.1, 0.15) is 36.0 Å². The molecule has 1 saturated carbocycles. The molecule has 6 nitrogen and oxygen atoms in total. The van der Waals surface area contributed by atoms with E-state index >= 15 is 0 Å². The maximum Gasteiger partial charge on any atom is 0.349 e. The minimum absolute atomic E-state index is 0.0549. The normalized spacial score (nSPS) is 18.5. The Balaban J connectivity index is 1.46. The Morgan fingerprint density at radius 3 is 2.35 bits per heavy atom. The van der Waals surface area contributed by atoms with E-state index in [2.05, 4.69) is 0 Å². The van der Waals surface area contributed by atoms with Crippen LogP contribution in [0.25, 0.3) is 11.0 Å². The molecule has 1 aliphatic heterocycles. The number of benzene rings is 1. The lowest BCUT2D eigenvalue weighted by atomic mass is 10.1. The maximum absolute atomic E-state index is 12.8. The summed E-state index contributed by atoms with van der Waals surface area (Å²) in [5.74, 6) is 0.0575. The molecule has 0 bridgehead atoms. The van der Waals surface area contributed by atoms with Crippen LogP contribution >= 0.6 is 0 Å². The van der Waals surface area contributed by atoms with Crippen molar-refractivity contribution in [2.45, 2.75) is 25.7 Å². The topological polar surface area (TPSA) is 70.8 Å². The van der Waals surface area contributed by atoms with Gasteiger partial charge in [0.1, 0.15) is 11.1 Å². The number of piperazine rings is 1. The molecule has 2 aliphatic rings. The van der Waals surface area contributed by atoms with E-state index in [1.807, 2.05) is 17.0 Å². The number of para-hydroxylation sites is 1. The first kappa shape index (κ1) is 16.8. The summed E-state index contributed by atoms with van der Waals surface area (Å²) in [6.45, 7) is 1.95. The molecule has 2 amide bonds. The second kappa shape index (κ2) is 6.94. The predicted octanol–water partition coefficient (Wildman–Crippen LogP) is 2.27. The van der Waals surface area contributed by atoms with Gasteiger partial charge in [-0.05, 0) is 25.0 Å². The van der Waals surface area contributed by atoms with E-state index in [4.69, 9.17) is 4.42 Å². The van der Waals surface area contributed by atoms with E-state index in [0.717, 1.165) is 31.1 Å². The number of carbonyl (C=O) groups is 2. The summed E-state index contributed by atoms with van der Waals surface area (Å²) in [6.07, 6.45) is 4.23. The minimum Gasteiger partial charge on any atom is -0.422 e. The lowest BCUT2D eigenvalue weighted by Gasteiger charge is -2.35. The molecular weight excluding hydrogens is 332 g/mol. The van der Waals surface area contributed by atoms with Crippen molar-refractivity contribution >= 4 is 22.8 Å². The average molecular weight is 354 g/mol. The van der Waals surface area contributed by atoms with Crippen molar-refractivity contribution < 1.29 is 14.0 Å². The third-order valence-corrected chi connectivity index (χ3v) is 5.45. The van der Waals surface area contributed by atoms with Crippen LogP contribution in [0.3, 0.4) is 0 Å². The molecule has 0 N–H and O–H groups in total. The molecular formula is C20H22N2O4. The van der Waals surface area contributed by atoms with Crippen molar-refractivity contribution in [3.8, 4) is 0 Å². The van der Waals surface area contributed by atoms with Gasteiger partial charge in [-0.2, -0.15) is 0 Å². The molecule has 136 valence electrons. The van der Waals surface area contributed by atoms with E-state index < -0.39 is 5.63 Å². The van der Waals surface area contributed by atoms with Gasteiger partial charge in [-0.15, -0.1) is 0 Å². The van der Waals surface area contributed by atoms with Crippen LogP contribution in [-0.4, -0.2) is 47.8 Å². The highest BCUT2D eigenvalue weighted by molar-refractivity contribution is 5.96. The molecule has 2 heterocycles. The van der Waals surface area contributed by atoms with E-state index in [-0.39, 0.29) is 23.3 Å². The molecule has 0 spiro atoms. The van der Waals surface area contributed by atoms with Crippen molar-refractivity contribution in [3.05, 3.63) is 46.3 Å². The van der Waals surface area contributed by atoms with Gasteiger partial charge in [-0.25, -0.2) is 4.79 Å². The molecule has 1 saturated heterocycles. The summed E-state index contributed by atoms with van der Waals surface area (Å²) >= 11 is 0. The van der Waals surface area contributed by atoms with Gasteiger partial charge in [0.25, 0.3) is 5.91 Å². The summed E-state index contributed by atoms with van der Waals surface area (Å²) < 4.78 is 5.26. The fourth-order valence-electron chi connectivity index (χ4n) is 3.94. The highest BCUT2D eigenvalue weighted by Crippen LogP contribution is 2.27. The van der Waals surface area contributed by atoms with E-state index in [1.165, 1.54) is 0 Å². The Bertz CT molecular complexity index is 890. The van der Waals surface area contributed by atoms with Crippen molar-refractivity contribution in [3.63, 3.8) is 0 Å². The zero-order valence-corrected chi connectivity index (χ0v) is 14.6. The summed E-state index contributed by atoms with van der Waals surface area (Å²) in [6, 6.07) is 8.74. The van der Waals surface area contributed by atoms with Crippen LogP contribution in [0.2, 0.25) is 0 Å². The fourth-order valence-corrected chi connectivity index (χ4v) is 3.94. The highest BCUT2D eigenvalue weighted by atomic mass is 16.4. The zero-order valence-electron chi connectivity index (χ0n) is 14.6. The molecule has 26 heavy (non-hydrogen) atoms. The van der Waals surface area contributed by atoms with E-state index in [1.54, 1.807) is 23.1 Å². The maximum atomic E-state index is 12.8. The van der Waals surface area contributed by atoms with Gasteiger partial charge in [0.05, 0.1) is 0 Å². The van der Waals surface area contributed by atoms with Gasteiger partial charge in [0, 0.05) is 37.5 Å². The third kappa shape index (κ3) is 3.11.